The zero-order chi connectivity index (χ0) is 32.4. The number of rotatable bonds is 8. The van der Waals surface area contributed by atoms with Gasteiger partial charge in [-0.1, -0.05) is 31.0 Å². The van der Waals surface area contributed by atoms with Crippen LogP contribution in [0.2, 0.25) is 0 Å². The Morgan fingerprint density at radius 2 is 1.72 bits per heavy atom. The van der Waals surface area contributed by atoms with Crippen molar-refractivity contribution in [1.82, 2.24) is 19.8 Å². The van der Waals surface area contributed by atoms with Crippen molar-refractivity contribution < 1.29 is 23.9 Å². The number of carbonyl (C=O) groups is 3. The minimum atomic E-state index is -1.12. The number of pyridine rings is 1. The molecule has 1 aliphatic heterocycles. The number of aryl methyl sites for hydroxylation is 1. The van der Waals surface area contributed by atoms with Crippen LogP contribution >= 0.6 is 0 Å². The lowest BCUT2D eigenvalue weighted by Crippen LogP contribution is -2.61. The molecule has 0 bridgehead atoms. The van der Waals surface area contributed by atoms with Gasteiger partial charge < -0.3 is 25.2 Å². The fourth-order valence-corrected chi connectivity index (χ4v) is 6.85. The molecule has 46 heavy (non-hydrogen) atoms. The van der Waals surface area contributed by atoms with Crippen LogP contribution in [0.15, 0.2) is 66.9 Å². The average molecular weight is 624 g/mol. The average Bonchev–Trinajstić information content (AvgIpc) is 3.68. The van der Waals surface area contributed by atoms with E-state index >= 15 is 0 Å². The van der Waals surface area contributed by atoms with Gasteiger partial charge in [0.1, 0.15) is 11.4 Å². The Kier molecular flexibility index (Phi) is 8.73. The van der Waals surface area contributed by atoms with Gasteiger partial charge in [0.05, 0.1) is 17.6 Å². The highest BCUT2D eigenvalue weighted by Crippen LogP contribution is 2.44. The van der Waals surface area contributed by atoms with E-state index in [1.165, 1.54) is 23.9 Å². The summed E-state index contributed by atoms with van der Waals surface area (Å²) in [6.07, 6.45) is 9.12. The zero-order valence-electron chi connectivity index (χ0n) is 26.1. The predicted molar refractivity (Wildman–Crippen MR) is 176 cm³/mol. The molecule has 9 nitrogen and oxygen atoms in total. The Labute approximate surface area is 267 Å². The molecule has 6 rings (SSSR count). The molecule has 0 spiro atoms. The Morgan fingerprint density at radius 3 is 2.37 bits per heavy atom. The molecule has 2 aromatic heterocycles. The lowest BCUT2D eigenvalue weighted by Gasteiger charge is -2.40. The number of carbonyl (C=O) groups excluding carboxylic acids is 2. The number of piperidine rings is 1. The number of carboxylic acids is 1. The maximum Gasteiger partial charge on any atom is 0.328 e. The fourth-order valence-electron chi connectivity index (χ4n) is 6.85. The zero-order valence-corrected chi connectivity index (χ0v) is 26.1. The number of nitrogens with zero attached hydrogens (tertiary/aromatic N) is 3. The molecule has 4 aromatic rings. The minimum absolute atomic E-state index is 0.295. The molecule has 3 heterocycles. The van der Waals surface area contributed by atoms with E-state index in [0.717, 1.165) is 48.4 Å². The van der Waals surface area contributed by atoms with E-state index in [0.29, 0.717) is 54.4 Å². The number of aromatic nitrogens is 2. The van der Waals surface area contributed by atoms with Crippen LogP contribution in [0.5, 0.6) is 0 Å². The molecular weight excluding hydrogens is 585 g/mol. The van der Waals surface area contributed by atoms with Gasteiger partial charge in [0.15, 0.2) is 0 Å². The van der Waals surface area contributed by atoms with Crippen molar-refractivity contribution >= 4 is 40.4 Å². The van der Waals surface area contributed by atoms with Gasteiger partial charge in [0.2, 0.25) is 5.91 Å². The van der Waals surface area contributed by atoms with Gasteiger partial charge >= 0.3 is 5.97 Å². The van der Waals surface area contributed by atoms with E-state index in [1.807, 2.05) is 36.9 Å². The second-order valence-corrected chi connectivity index (χ2v) is 12.5. The van der Waals surface area contributed by atoms with Crippen molar-refractivity contribution in [2.45, 2.75) is 50.0 Å². The Bertz CT molecular complexity index is 1800. The van der Waals surface area contributed by atoms with Crippen molar-refractivity contribution in [2.75, 3.05) is 25.5 Å². The van der Waals surface area contributed by atoms with Gasteiger partial charge in [0.25, 0.3) is 5.91 Å². The first-order valence-corrected chi connectivity index (χ1v) is 15.7. The first-order valence-electron chi connectivity index (χ1n) is 15.7. The van der Waals surface area contributed by atoms with E-state index < -0.39 is 11.5 Å². The number of halogens is 1. The van der Waals surface area contributed by atoms with Gasteiger partial charge in [-0.3, -0.25) is 14.6 Å². The maximum absolute atomic E-state index is 13.9. The van der Waals surface area contributed by atoms with E-state index in [4.69, 9.17) is 5.11 Å². The Morgan fingerprint density at radius 1 is 1.00 bits per heavy atom. The summed E-state index contributed by atoms with van der Waals surface area (Å²) >= 11 is 0. The number of amides is 2. The van der Waals surface area contributed by atoms with E-state index in [9.17, 15) is 18.8 Å². The topological polar surface area (TPSA) is 117 Å². The second-order valence-electron chi connectivity index (χ2n) is 12.5. The number of hydrogen-bond donors (Lipinski definition) is 3. The summed E-state index contributed by atoms with van der Waals surface area (Å²) in [5, 5.41) is 16.0. The monoisotopic (exact) mass is 623 g/mol. The van der Waals surface area contributed by atoms with Crippen LogP contribution in [0.4, 0.5) is 10.1 Å². The molecule has 2 aliphatic rings. The van der Waals surface area contributed by atoms with E-state index in [-0.39, 0.29) is 17.6 Å². The highest BCUT2D eigenvalue weighted by atomic mass is 19.1. The number of benzene rings is 2. The van der Waals surface area contributed by atoms with Gasteiger partial charge in [-0.15, -0.1) is 0 Å². The molecule has 0 atom stereocenters. The lowest BCUT2D eigenvalue weighted by molar-refractivity contribution is -0.131. The predicted octanol–water partition coefficient (Wildman–Crippen LogP) is 5.97. The third kappa shape index (κ3) is 6.30. The van der Waals surface area contributed by atoms with Crippen LogP contribution in [-0.4, -0.2) is 63.0 Å². The van der Waals surface area contributed by atoms with Crippen molar-refractivity contribution in [1.29, 1.82) is 0 Å². The minimum Gasteiger partial charge on any atom is -0.478 e. The Balaban J connectivity index is 1.30. The third-order valence-corrected chi connectivity index (χ3v) is 9.45. The first kappa shape index (κ1) is 31.2. The molecule has 1 saturated heterocycles. The van der Waals surface area contributed by atoms with Crippen LogP contribution in [0, 0.1) is 5.82 Å². The summed E-state index contributed by atoms with van der Waals surface area (Å²) in [7, 11) is 3.95. The summed E-state index contributed by atoms with van der Waals surface area (Å²) < 4.78 is 15.8. The van der Waals surface area contributed by atoms with Crippen LogP contribution in [-0.2, 0) is 16.6 Å². The molecule has 2 amide bonds. The number of carboxylic acid groups (broad SMARTS) is 1. The molecule has 2 aromatic carbocycles. The summed E-state index contributed by atoms with van der Waals surface area (Å²) in [6.45, 7) is 1.28. The number of anilines is 1. The van der Waals surface area contributed by atoms with E-state index in [1.54, 1.807) is 30.3 Å². The molecule has 2 fully saturated rings. The fraction of sp³-hybridized carbons (Fsp3) is 0.333. The highest BCUT2D eigenvalue weighted by Gasteiger charge is 2.42. The van der Waals surface area contributed by atoms with Crippen LogP contribution in [0.1, 0.15) is 65.9 Å². The normalized spacial score (nSPS) is 17.0. The van der Waals surface area contributed by atoms with Gasteiger partial charge in [-0.2, -0.15) is 0 Å². The number of aliphatic carboxylic acids is 1. The quantitative estimate of drug-likeness (QED) is 0.208. The summed E-state index contributed by atoms with van der Waals surface area (Å²) in [5.41, 5.74) is 4.28. The number of nitrogens with one attached hydrogen (secondary N) is 2. The maximum atomic E-state index is 13.9. The van der Waals surface area contributed by atoms with Crippen LogP contribution in [0.3, 0.4) is 0 Å². The molecule has 10 heteroatoms. The lowest BCUT2D eigenvalue weighted by atomic mass is 9.86. The number of likely N-dealkylation sites (tertiary alicyclic amines) is 1. The summed E-state index contributed by atoms with van der Waals surface area (Å²) in [4.78, 5) is 45.1. The van der Waals surface area contributed by atoms with Gasteiger partial charge in [0, 0.05) is 48.4 Å². The largest absolute Gasteiger partial charge is 0.478 e. The first-order chi connectivity index (χ1) is 22.1. The molecule has 1 aliphatic carbocycles. The summed E-state index contributed by atoms with van der Waals surface area (Å²) in [6, 6.07) is 15.7. The smallest absolute Gasteiger partial charge is 0.328 e. The van der Waals surface area contributed by atoms with Crippen LogP contribution < -0.4 is 10.6 Å². The van der Waals surface area contributed by atoms with Crippen LogP contribution in [0.25, 0.3) is 28.4 Å². The number of fused-ring (bicyclic) bond motifs is 1. The van der Waals surface area contributed by atoms with Crippen molar-refractivity contribution in [3.05, 3.63) is 89.4 Å². The van der Waals surface area contributed by atoms with Crippen molar-refractivity contribution in [2.24, 2.45) is 7.05 Å². The molecule has 238 valence electrons. The SMILES string of the molecule is CN1CCC(NC(=O)c2ccc3c(C4CCCC4)c(-c4ccc(F)cn4)n(C)c3c2)(C(=O)Nc2ccc(/C=C/C(=O)O)cc2)CC1. The standard InChI is InChI=1S/C36H38FN5O4/c1-41-19-17-36(18-20-41,35(46)39-27-12-7-23(8-13-27)9-16-31(43)44)40-34(45)25-10-14-28-30(21-25)42(2)33(29-15-11-26(37)22-38-29)32(28)24-5-3-4-6-24/h7-16,21-22,24H,3-6,17-20H2,1-2H3,(H,39,46)(H,40,45)(H,43,44)/b16-9+. The summed E-state index contributed by atoms with van der Waals surface area (Å²) in [5.74, 6) is -1.70. The molecule has 0 unspecified atom stereocenters. The van der Waals surface area contributed by atoms with Gasteiger partial charge in [-0.05, 0) is 92.2 Å². The second kappa shape index (κ2) is 12.9. The van der Waals surface area contributed by atoms with E-state index in [2.05, 4.69) is 20.5 Å². The van der Waals surface area contributed by atoms with Crippen molar-refractivity contribution in [3.63, 3.8) is 0 Å². The molecule has 3 N–H and O–H groups in total. The molecular formula is C36H38FN5O4. The molecule has 0 radical (unpaired) electrons. The molecule has 1 saturated carbocycles. The van der Waals surface area contributed by atoms with Gasteiger partial charge in [-0.25, -0.2) is 9.18 Å². The third-order valence-electron chi connectivity index (χ3n) is 9.45. The van der Waals surface area contributed by atoms with Crippen molar-refractivity contribution in [3.8, 4) is 11.4 Å². The Hall–Kier alpha value is -4.83. The highest BCUT2D eigenvalue weighted by molar-refractivity contribution is 6.05. The number of hydrogen-bond acceptors (Lipinski definition) is 5.